The molecule has 8 heteroatoms. The van der Waals surface area contributed by atoms with Gasteiger partial charge in [0.2, 0.25) is 5.88 Å². The molecule has 1 aromatic carbocycles. The van der Waals surface area contributed by atoms with E-state index in [0.29, 0.717) is 29.6 Å². The number of ether oxygens (including phenoxy) is 1. The first-order chi connectivity index (χ1) is 12.1. The van der Waals surface area contributed by atoms with E-state index in [-0.39, 0.29) is 5.75 Å². The molecule has 0 atom stereocenters. The van der Waals surface area contributed by atoms with Crippen molar-refractivity contribution in [2.24, 2.45) is 9.50 Å². The summed E-state index contributed by atoms with van der Waals surface area (Å²) in [5, 5.41) is 5.78. The lowest BCUT2D eigenvalue weighted by Crippen LogP contribution is -2.38. The average Bonchev–Trinajstić information content (AvgIpc) is 2.62. The van der Waals surface area contributed by atoms with Crippen LogP contribution in [0.5, 0.6) is 11.6 Å². The summed E-state index contributed by atoms with van der Waals surface area (Å²) in [7, 11) is -3.44. The molecule has 7 nitrogen and oxygen atoms in total. The van der Waals surface area contributed by atoms with E-state index in [1.54, 1.807) is 41.7 Å². The highest BCUT2D eigenvalue weighted by atomic mass is 32.2. The van der Waals surface area contributed by atoms with Gasteiger partial charge < -0.3 is 4.74 Å². The van der Waals surface area contributed by atoms with E-state index in [4.69, 9.17) is 4.74 Å². The van der Waals surface area contributed by atoms with Gasteiger partial charge >= 0.3 is 0 Å². The second kappa shape index (κ2) is 6.14. The van der Waals surface area contributed by atoms with Crippen LogP contribution in [-0.4, -0.2) is 42.8 Å². The first-order valence-electron chi connectivity index (χ1n) is 7.65. The minimum Gasteiger partial charge on any atom is -0.439 e. The molecule has 0 radical (unpaired) electrons. The van der Waals surface area contributed by atoms with Crippen LogP contribution in [0.3, 0.4) is 0 Å². The number of hydrazone groups is 1. The predicted octanol–water partition coefficient (Wildman–Crippen LogP) is 2.30. The maximum atomic E-state index is 11.8. The van der Waals surface area contributed by atoms with Gasteiger partial charge in [0.15, 0.2) is 5.84 Å². The van der Waals surface area contributed by atoms with Gasteiger partial charge in [-0.25, -0.2) is 18.4 Å². The Morgan fingerprint density at radius 2 is 1.92 bits per heavy atom. The molecular weight excluding hydrogens is 340 g/mol. The molecule has 0 spiro atoms. The third kappa shape index (κ3) is 3.29. The van der Waals surface area contributed by atoms with E-state index in [1.165, 1.54) is 0 Å². The number of aromatic nitrogens is 1. The molecule has 0 saturated carbocycles. The number of hydrogen-bond donors (Lipinski definition) is 0. The fourth-order valence-electron chi connectivity index (χ4n) is 2.55. The number of benzene rings is 1. The Kier molecular flexibility index (Phi) is 3.81. The Balaban J connectivity index is 1.62. The normalized spacial score (nSPS) is 18.2. The zero-order valence-electron chi connectivity index (χ0n) is 13.1. The van der Waals surface area contributed by atoms with Crippen LogP contribution in [0.15, 0.2) is 64.2 Å². The van der Waals surface area contributed by atoms with Crippen LogP contribution in [0.2, 0.25) is 0 Å². The van der Waals surface area contributed by atoms with Gasteiger partial charge in [0.1, 0.15) is 5.75 Å². The Morgan fingerprint density at radius 1 is 1.08 bits per heavy atom. The van der Waals surface area contributed by atoms with Crippen molar-refractivity contribution in [2.75, 3.05) is 12.3 Å². The van der Waals surface area contributed by atoms with Crippen molar-refractivity contribution in [1.82, 2.24) is 9.99 Å². The molecule has 2 aromatic rings. The fourth-order valence-corrected chi connectivity index (χ4v) is 3.50. The molecular formula is C17H14N4O3S. The van der Waals surface area contributed by atoms with E-state index in [9.17, 15) is 8.42 Å². The summed E-state index contributed by atoms with van der Waals surface area (Å²) in [4.78, 5) is 4.11. The van der Waals surface area contributed by atoms with E-state index >= 15 is 0 Å². The van der Waals surface area contributed by atoms with Crippen LogP contribution in [-0.2, 0) is 10.0 Å². The largest absolute Gasteiger partial charge is 0.439 e. The van der Waals surface area contributed by atoms with Crippen molar-refractivity contribution in [3.63, 3.8) is 0 Å². The van der Waals surface area contributed by atoms with Crippen molar-refractivity contribution >= 4 is 27.6 Å². The zero-order chi connectivity index (χ0) is 17.3. The maximum Gasteiger partial charge on any atom is 0.256 e. The van der Waals surface area contributed by atoms with Crippen LogP contribution in [0.25, 0.3) is 5.57 Å². The van der Waals surface area contributed by atoms with Gasteiger partial charge in [0, 0.05) is 24.1 Å². The topological polar surface area (TPSA) is 84.2 Å². The summed E-state index contributed by atoms with van der Waals surface area (Å²) in [6.07, 6.45) is 5.06. The molecule has 0 aliphatic carbocycles. The van der Waals surface area contributed by atoms with Crippen LogP contribution >= 0.6 is 0 Å². The first kappa shape index (κ1) is 15.5. The van der Waals surface area contributed by atoms with E-state index in [2.05, 4.69) is 14.5 Å². The van der Waals surface area contributed by atoms with E-state index < -0.39 is 10.0 Å². The lowest BCUT2D eigenvalue weighted by molar-refractivity contribution is 0.462. The SMILES string of the molecule is O=S1(=O)CCN2N=CC=C(c3ccc(Oc4ccccn4)cc3)C2=N1. The Hall–Kier alpha value is -3.00. The van der Waals surface area contributed by atoms with Crippen LogP contribution < -0.4 is 4.74 Å². The van der Waals surface area contributed by atoms with Gasteiger partial charge in [-0.2, -0.15) is 5.10 Å². The highest BCUT2D eigenvalue weighted by Gasteiger charge is 2.28. The van der Waals surface area contributed by atoms with Crippen LogP contribution in [0.1, 0.15) is 5.56 Å². The van der Waals surface area contributed by atoms with Crippen LogP contribution in [0, 0.1) is 0 Å². The number of pyridine rings is 1. The quantitative estimate of drug-likeness (QED) is 0.844. The van der Waals surface area contributed by atoms with Crippen molar-refractivity contribution in [1.29, 1.82) is 0 Å². The lowest BCUT2D eigenvalue weighted by Gasteiger charge is -2.27. The summed E-state index contributed by atoms with van der Waals surface area (Å²) in [6.45, 7) is 0.301. The minimum absolute atomic E-state index is 0.0298. The summed E-state index contributed by atoms with van der Waals surface area (Å²) in [5.41, 5.74) is 1.54. The molecule has 0 fully saturated rings. The number of amidine groups is 1. The lowest BCUT2D eigenvalue weighted by atomic mass is 10.0. The number of rotatable bonds is 3. The number of allylic oxidation sites excluding steroid dienone is 1. The molecule has 2 aliphatic heterocycles. The van der Waals surface area contributed by atoms with Crippen LogP contribution in [0.4, 0.5) is 0 Å². The average molecular weight is 354 g/mol. The summed E-state index contributed by atoms with van der Waals surface area (Å²) in [5.74, 6) is 1.47. The van der Waals surface area contributed by atoms with Gasteiger partial charge in [-0.3, -0.25) is 0 Å². The molecule has 3 heterocycles. The fraction of sp³-hybridized carbons (Fsp3) is 0.118. The molecule has 0 bridgehead atoms. The minimum atomic E-state index is -3.44. The van der Waals surface area contributed by atoms with Gasteiger partial charge in [-0.1, -0.05) is 18.2 Å². The van der Waals surface area contributed by atoms with Crippen molar-refractivity contribution < 1.29 is 13.2 Å². The van der Waals surface area contributed by atoms with Crippen molar-refractivity contribution in [3.8, 4) is 11.6 Å². The number of hydrogen-bond acceptors (Lipinski definition) is 6. The molecule has 0 amide bonds. The predicted molar refractivity (Wildman–Crippen MR) is 95.1 cm³/mol. The Morgan fingerprint density at radius 3 is 2.68 bits per heavy atom. The molecule has 25 heavy (non-hydrogen) atoms. The number of fused-ring (bicyclic) bond motifs is 1. The molecule has 2 aliphatic rings. The molecule has 0 saturated heterocycles. The molecule has 0 unspecified atom stereocenters. The van der Waals surface area contributed by atoms with Gasteiger partial charge in [0.05, 0.1) is 12.3 Å². The molecule has 4 rings (SSSR count). The van der Waals surface area contributed by atoms with Crippen molar-refractivity contribution in [2.45, 2.75) is 0 Å². The van der Waals surface area contributed by atoms with Crippen molar-refractivity contribution in [3.05, 3.63) is 60.3 Å². The van der Waals surface area contributed by atoms with E-state index in [1.807, 2.05) is 24.3 Å². The number of nitrogens with zero attached hydrogens (tertiary/aromatic N) is 4. The van der Waals surface area contributed by atoms with E-state index in [0.717, 1.165) is 5.56 Å². The summed E-state index contributed by atoms with van der Waals surface area (Å²) in [6, 6.07) is 12.7. The highest BCUT2D eigenvalue weighted by molar-refractivity contribution is 7.90. The summed E-state index contributed by atoms with van der Waals surface area (Å²) < 4.78 is 33.2. The second-order valence-corrected chi connectivity index (χ2v) is 7.22. The van der Waals surface area contributed by atoms with Gasteiger partial charge in [0.25, 0.3) is 10.0 Å². The third-order valence-corrected chi connectivity index (χ3v) is 4.89. The number of sulfonamides is 1. The molecule has 126 valence electrons. The molecule has 0 N–H and O–H groups in total. The monoisotopic (exact) mass is 354 g/mol. The van der Waals surface area contributed by atoms with Gasteiger partial charge in [-0.15, -0.1) is 4.40 Å². The zero-order valence-corrected chi connectivity index (χ0v) is 13.9. The smallest absolute Gasteiger partial charge is 0.256 e. The molecule has 1 aromatic heterocycles. The maximum absolute atomic E-state index is 11.8. The second-order valence-electron chi connectivity index (χ2n) is 5.46. The summed E-state index contributed by atoms with van der Waals surface area (Å²) >= 11 is 0. The Bertz CT molecular complexity index is 980. The standard InChI is InChI=1S/C17H14N4O3S/c22-25(23)12-11-21-17(20-25)15(8-10-19-21)13-4-6-14(7-5-13)24-16-3-1-2-9-18-16/h1-10H,11-12H2. The third-order valence-electron chi connectivity index (χ3n) is 3.74. The Labute approximate surface area is 145 Å². The highest BCUT2D eigenvalue weighted by Crippen LogP contribution is 2.27. The van der Waals surface area contributed by atoms with Gasteiger partial charge in [-0.05, 0) is 29.8 Å². The first-order valence-corrected chi connectivity index (χ1v) is 9.26.